The van der Waals surface area contributed by atoms with Gasteiger partial charge in [-0.15, -0.1) is 0 Å². The Hall–Kier alpha value is -0.810. The first-order valence-corrected chi connectivity index (χ1v) is 7.00. The normalized spacial score (nSPS) is 20.1. The van der Waals surface area contributed by atoms with E-state index in [2.05, 4.69) is 15.6 Å². The standard InChI is InChI=1S/C13H27N3O2/c1-3-17-10-5-8-15-13(14-2)16-9-7-12-6-4-11-18-12/h12H,3-11H2,1-2H3,(H2,14,15,16). The molecule has 18 heavy (non-hydrogen) atoms. The lowest BCUT2D eigenvalue weighted by atomic mass is 10.2. The van der Waals surface area contributed by atoms with E-state index < -0.39 is 0 Å². The predicted octanol–water partition coefficient (Wildman–Crippen LogP) is 1.15. The smallest absolute Gasteiger partial charge is 0.190 e. The van der Waals surface area contributed by atoms with Gasteiger partial charge in [-0.1, -0.05) is 0 Å². The highest BCUT2D eigenvalue weighted by Gasteiger charge is 2.14. The first-order chi connectivity index (χ1) is 8.86. The summed E-state index contributed by atoms with van der Waals surface area (Å²) in [5.74, 6) is 0.865. The maximum Gasteiger partial charge on any atom is 0.190 e. The molecule has 1 unspecified atom stereocenters. The van der Waals surface area contributed by atoms with Gasteiger partial charge in [0.25, 0.3) is 0 Å². The molecular weight excluding hydrogens is 230 g/mol. The Labute approximate surface area is 110 Å². The van der Waals surface area contributed by atoms with Gasteiger partial charge in [-0.05, 0) is 32.6 Å². The number of rotatable bonds is 8. The molecule has 1 aliphatic rings. The number of hydrogen-bond acceptors (Lipinski definition) is 3. The highest BCUT2D eigenvalue weighted by molar-refractivity contribution is 5.79. The van der Waals surface area contributed by atoms with Crippen LogP contribution in [-0.2, 0) is 9.47 Å². The van der Waals surface area contributed by atoms with Gasteiger partial charge in [0, 0.05) is 40.0 Å². The first-order valence-electron chi connectivity index (χ1n) is 7.00. The maximum absolute atomic E-state index is 5.58. The van der Waals surface area contributed by atoms with Crippen LogP contribution in [0.2, 0.25) is 0 Å². The second-order valence-corrected chi connectivity index (χ2v) is 4.40. The Morgan fingerprint density at radius 1 is 1.39 bits per heavy atom. The second-order valence-electron chi connectivity index (χ2n) is 4.40. The Morgan fingerprint density at radius 3 is 2.89 bits per heavy atom. The monoisotopic (exact) mass is 257 g/mol. The lowest BCUT2D eigenvalue weighted by molar-refractivity contribution is 0.105. The zero-order chi connectivity index (χ0) is 13.1. The lowest BCUT2D eigenvalue weighted by Gasteiger charge is -2.13. The van der Waals surface area contributed by atoms with Crippen molar-refractivity contribution in [2.24, 2.45) is 4.99 Å². The van der Waals surface area contributed by atoms with Crippen LogP contribution in [0.1, 0.15) is 32.6 Å². The summed E-state index contributed by atoms with van der Waals surface area (Å²) in [4.78, 5) is 4.18. The van der Waals surface area contributed by atoms with Crippen LogP contribution < -0.4 is 10.6 Å². The minimum absolute atomic E-state index is 0.438. The van der Waals surface area contributed by atoms with Gasteiger partial charge in [0.1, 0.15) is 0 Å². The molecule has 2 N–H and O–H groups in total. The van der Waals surface area contributed by atoms with E-state index in [1.165, 1.54) is 12.8 Å². The highest BCUT2D eigenvalue weighted by Crippen LogP contribution is 2.14. The molecule has 0 saturated carbocycles. The van der Waals surface area contributed by atoms with Crippen LogP contribution in [0.25, 0.3) is 0 Å². The molecule has 1 saturated heterocycles. The van der Waals surface area contributed by atoms with Gasteiger partial charge >= 0.3 is 0 Å². The molecule has 106 valence electrons. The van der Waals surface area contributed by atoms with Crippen molar-refractivity contribution in [3.63, 3.8) is 0 Å². The molecule has 0 aromatic carbocycles. The lowest BCUT2D eigenvalue weighted by Crippen LogP contribution is -2.39. The van der Waals surface area contributed by atoms with E-state index in [9.17, 15) is 0 Å². The SMILES string of the molecule is CCOCCCNC(=NC)NCCC1CCCO1. The van der Waals surface area contributed by atoms with Crippen LogP contribution in [0.4, 0.5) is 0 Å². The summed E-state index contributed by atoms with van der Waals surface area (Å²) >= 11 is 0. The van der Waals surface area contributed by atoms with E-state index >= 15 is 0 Å². The van der Waals surface area contributed by atoms with Crippen LogP contribution in [0, 0.1) is 0 Å². The molecule has 0 aromatic heterocycles. The van der Waals surface area contributed by atoms with Gasteiger partial charge < -0.3 is 20.1 Å². The topological polar surface area (TPSA) is 54.9 Å². The number of aliphatic imine (C=N–C) groups is 1. The molecule has 1 atom stereocenters. The van der Waals surface area contributed by atoms with Crippen LogP contribution >= 0.6 is 0 Å². The molecule has 0 bridgehead atoms. The summed E-state index contributed by atoms with van der Waals surface area (Å²) in [6.07, 6.45) is 4.89. The highest BCUT2D eigenvalue weighted by atomic mass is 16.5. The quantitative estimate of drug-likeness (QED) is 0.389. The van der Waals surface area contributed by atoms with Crippen molar-refractivity contribution in [2.45, 2.75) is 38.7 Å². The Morgan fingerprint density at radius 2 is 2.22 bits per heavy atom. The number of guanidine groups is 1. The van der Waals surface area contributed by atoms with Crippen LogP contribution in [0.3, 0.4) is 0 Å². The average Bonchev–Trinajstić information content (AvgIpc) is 2.89. The van der Waals surface area contributed by atoms with Crippen molar-refractivity contribution in [1.82, 2.24) is 10.6 Å². The summed E-state index contributed by atoms with van der Waals surface area (Å²) in [7, 11) is 1.80. The van der Waals surface area contributed by atoms with Gasteiger partial charge in [0.2, 0.25) is 0 Å². The van der Waals surface area contributed by atoms with Gasteiger partial charge in [-0.3, -0.25) is 4.99 Å². The zero-order valence-electron chi connectivity index (χ0n) is 11.7. The molecule has 0 amide bonds. The summed E-state index contributed by atoms with van der Waals surface area (Å²) in [6.45, 7) is 6.33. The van der Waals surface area contributed by atoms with Gasteiger partial charge in [0.05, 0.1) is 6.10 Å². The summed E-state index contributed by atoms with van der Waals surface area (Å²) in [5.41, 5.74) is 0. The van der Waals surface area contributed by atoms with Crippen molar-refractivity contribution in [2.75, 3.05) is 40.0 Å². The van der Waals surface area contributed by atoms with Crippen LogP contribution in [-0.4, -0.2) is 52.0 Å². The van der Waals surface area contributed by atoms with E-state index in [1.807, 2.05) is 6.92 Å². The van der Waals surface area contributed by atoms with E-state index in [4.69, 9.17) is 9.47 Å². The maximum atomic E-state index is 5.58. The number of nitrogens with one attached hydrogen (secondary N) is 2. The second kappa shape index (κ2) is 10.1. The fourth-order valence-electron chi connectivity index (χ4n) is 1.97. The Balaban J connectivity index is 1.99. The molecule has 1 aliphatic heterocycles. The molecule has 0 aliphatic carbocycles. The van der Waals surface area contributed by atoms with Crippen molar-refractivity contribution < 1.29 is 9.47 Å². The summed E-state index contributed by atoms with van der Waals surface area (Å²) < 4.78 is 10.9. The first kappa shape index (κ1) is 15.2. The van der Waals surface area contributed by atoms with E-state index in [-0.39, 0.29) is 0 Å². The van der Waals surface area contributed by atoms with Gasteiger partial charge in [0.15, 0.2) is 5.96 Å². The van der Waals surface area contributed by atoms with Gasteiger partial charge in [-0.2, -0.15) is 0 Å². The van der Waals surface area contributed by atoms with E-state index in [0.29, 0.717) is 6.10 Å². The molecule has 5 heteroatoms. The Bertz CT molecular complexity index is 228. The van der Waals surface area contributed by atoms with E-state index in [1.54, 1.807) is 7.05 Å². The molecule has 0 aromatic rings. The zero-order valence-corrected chi connectivity index (χ0v) is 11.7. The molecule has 0 radical (unpaired) electrons. The predicted molar refractivity (Wildman–Crippen MR) is 74.1 cm³/mol. The molecule has 1 heterocycles. The van der Waals surface area contributed by atoms with Crippen molar-refractivity contribution in [1.29, 1.82) is 0 Å². The third kappa shape index (κ3) is 6.81. The fraction of sp³-hybridized carbons (Fsp3) is 0.923. The van der Waals surface area contributed by atoms with Crippen LogP contribution in [0.5, 0.6) is 0 Å². The van der Waals surface area contributed by atoms with Crippen molar-refractivity contribution in [3.05, 3.63) is 0 Å². The number of hydrogen-bond donors (Lipinski definition) is 2. The molecule has 1 fully saturated rings. The van der Waals surface area contributed by atoms with Crippen molar-refractivity contribution >= 4 is 5.96 Å². The molecule has 0 spiro atoms. The van der Waals surface area contributed by atoms with Gasteiger partial charge in [-0.25, -0.2) is 0 Å². The fourth-order valence-corrected chi connectivity index (χ4v) is 1.97. The number of nitrogens with zero attached hydrogens (tertiary/aromatic N) is 1. The van der Waals surface area contributed by atoms with Crippen LogP contribution in [0.15, 0.2) is 4.99 Å². The Kier molecular flexibility index (Phi) is 8.59. The summed E-state index contributed by atoms with van der Waals surface area (Å²) in [5, 5.41) is 6.58. The number of ether oxygens (including phenoxy) is 2. The summed E-state index contributed by atoms with van der Waals surface area (Å²) in [6, 6.07) is 0. The third-order valence-corrected chi connectivity index (χ3v) is 2.97. The molecule has 1 rings (SSSR count). The van der Waals surface area contributed by atoms with Crippen molar-refractivity contribution in [3.8, 4) is 0 Å². The minimum Gasteiger partial charge on any atom is -0.382 e. The largest absolute Gasteiger partial charge is 0.382 e. The average molecular weight is 257 g/mol. The minimum atomic E-state index is 0.438. The molecule has 5 nitrogen and oxygen atoms in total. The molecular formula is C13H27N3O2. The third-order valence-electron chi connectivity index (χ3n) is 2.97. The van der Waals surface area contributed by atoms with E-state index in [0.717, 1.165) is 51.7 Å².